The summed E-state index contributed by atoms with van der Waals surface area (Å²) >= 11 is 14.4. The van der Waals surface area contributed by atoms with Gasteiger partial charge in [-0.3, -0.25) is 9.59 Å². The smallest absolute Gasteiger partial charge is 0.252 e. The fourth-order valence-electron chi connectivity index (χ4n) is 4.24. The minimum absolute atomic E-state index is 0.0265. The van der Waals surface area contributed by atoms with E-state index >= 15 is 0 Å². The number of hydrogen-bond acceptors (Lipinski definition) is 4. The van der Waals surface area contributed by atoms with Crippen LogP contribution in [-0.4, -0.2) is 36.6 Å². The van der Waals surface area contributed by atoms with Gasteiger partial charge in [0.2, 0.25) is 15.9 Å². The number of carbonyl (C=O) groups is 2. The predicted molar refractivity (Wildman–Crippen MR) is 128 cm³/mol. The van der Waals surface area contributed by atoms with Crippen molar-refractivity contribution >= 4 is 73.3 Å². The minimum atomic E-state index is -4.17. The van der Waals surface area contributed by atoms with Gasteiger partial charge >= 0.3 is 0 Å². The number of anilines is 1. The molecule has 10 heteroatoms. The van der Waals surface area contributed by atoms with Crippen LogP contribution in [0.15, 0.2) is 47.4 Å². The molecule has 0 N–H and O–H groups in total. The Hall–Kier alpha value is -1.20. The lowest BCUT2D eigenvalue weighted by Crippen LogP contribution is -2.49. The molecule has 0 radical (unpaired) electrons. The minimum Gasteiger partial charge on any atom is -0.274 e. The first-order chi connectivity index (χ1) is 14.7. The second kappa shape index (κ2) is 8.97. The second-order valence-corrected chi connectivity index (χ2v) is 11.5. The van der Waals surface area contributed by atoms with Crippen LogP contribution in [0.3, 0.4) is 0 Å². The molecule has 2 fully saturated rings. The Balaban J connectivity index is 1.77. The zero-order valence-electron chi connectivity index (χ0n) is 16.3. The van der Waals surface area contributed by atoms with Crippen molar-refractivity contribution in [3.8, 4) is 0 Å². The zero-order valence-corrected chi connectivity index (χ0v) is 20.8. The average molecular weight is 593 g/mol. The molecule has 1 saturated carbocycles. The number of amides is 2. The third-order valence-corrected chi connectivity index (χ3v) is 9.05. The van der Waals surface area contributed by atoms with Gasteiger partial charge in [0.15, 0.2) is 0 Å². The number of halogens is 3. The Morgan fingerprint density at radius 3 is 2.29 bits per heavy atom. The highest BCUT2D eigenvalue weighted by molar-refractivity contribution is 14.1. The molecule has 1 atom stereocenters. The number of hydrogen-bond donors (Lipinski definition) is 0. The standard InChI is InChI=1S/C21H19Cl2IN2O4S/c22-13-5-10-17(23)19(11-13)31(29,30)26(16-3-1-2-4-16)18-12-20(27)25(21(18)28)15-8-6-14(24)7-9-15/h5-11,16,18H,1-4,12H2. The summed E-state index contributed by atoms with van der Waals surface area (Å²) in [4.78, 5) is 27.1. The molecular formula is C21H19Cl2IN2O4S. The van der Waals surface area contributed by atoms with Gasteiger partial charge in [0.25, 0.3) is 5.91 Å². The SMILES string of the molecule is O=C1CC(N(C2CCCC2)S(=O)(=O)c2cc(Cl)ccc2Cl)C(=O)N1c1ccc(I)cc1. The summed E-state index contributed by atoms with van der Waals surface area (Å²) in [6.07, 6.45) is 2.75. The highest BCUT2D eigenvalue weighted by Gasteiger charge is 2.50. The maximum atomic E-state index is 13.7. The molecule has 1 heterocycles. The van der Waals surface area contributed by atoms with Crippen molar-refractivity contribution in [1.82, 2.24) is 4.31 Å². The van der Waals surface area contributed by atoms with Crippen LogP contribution in [0.2, 0.25) is 10.0 Å². The number of sulfonamides is 1. The van der Waals surface area contributed by atoms with Gasteiger partial charge in [-0.1, -0.05) is 36.0 Å². The van der Waals surface area contributed by atoms with Crippen LogP contribution in [0.5, 0.6) is 0 Å². The van der Waals surface area contributed by atoms with Crippen molar-refractivity contribution < 1.29 is 18.0 Å². The van der Waals surface area contributed by atoms with Crippen molar-refractivity contribution in [2.45, 2.75) is 49.1 Å². The highest BCUT2D eigenvalue weighted by atomic mass is 127. The van der Waals surface area contributed by atoms with E-state index in [1.165, 1.54) is 22.5 Å². The molecule has 0 bridgehead atoms. The molecule has 4 rings (SSSR count). The van der Waals surface area contributed by atoms with Crippen molar-refractivity contribution in [2.24, 2.45) is 0 Å². The molecule has 1 aliphatic carbocycles. The van der Waals surface area contributed by atoms with Gasteiger partial charge in [0.05, 0.1) is 17.1 Å². The van der Waals surface area contributed by atoms with E-state index in [0.717, 1.165) is 21.3 Å². The Labute approximate surface area is 204 Å². The molecule has 1 unspecified atom stereocenters. The fraction of sp³-hybridized carbons (Fsp3) is 0.333. The number of imide groups is 1. The molecular weight excluding hydrogens is 574 g/mol. The van der Waals surface area contributed by atoms with Crippen molar-refractivity contribution in [2.75, 3.05) is 4.90 Å². The van der Waals surface area contributed by atoms with Gasteiger partial charge in [-0.15, -0.1) is 0 Å². The Morgan fingerprint density at radius 1 is 1.00 bits per heavy atom. The summed E-state index contributed by atoms with van der Waals surface area (Å²) in [5.74, 6) is -0.966. The number of rotatable bonds is 5. The number of carbonyl (C=O) groups excluding carboxylic acids is 2. The van der Waals surface area contributed by atoms with E-state index in [-0.39, 0.29) is 27.4 Å². The maximum Gasteiger partial charge on any atom is 0.252 e. The van der Waals surface area contributed by atoms with Gasteiger partial charge in [-0.05, 0) is 77.9 Å². The Bertz CT molecular complexity index is 1130. The summed E-state index contributed by atoms with van der Waals surface area (Å²) in [5.41, 5.74) is 0.433. The second-order valence-electron chi connectivity index (χ2n) is 7.61. The molecule has 1 aliphatic heterocycles. The molecule has 1 saturated heterocycles. The Kier molecular flexibility index (Phi) is 6.65. The third-order valence-electron chi connectivity index (χ3n) is 5.65. The van der Waals surface area contributed by atoms with Crippen LogP contribution in [0, 0.1) is 3.57 Å². The summed E-state index contributed by atoms with van der Waals surface area (Å²) in [6, 6.07) is 9.67. The first-order valence-corrected chi connectivity index (χ1v) is 13.1. The summed E-state index contributed by atoms with van der Waals surface area (Å²) in [5, 5.41) is 0.252. The first-order valence-electron chi connectivity index (χ1n) is 9.81. The third kappa shape index (κ3) is 4.37. The summed E-state index contributed by atoms with van der Waals surface area (Å²) < 4.78 is 29.6. The van der Waals surface area contributed by atoms with E-state index in [4.69, 9.17) is 23.2 Å². The normalized spacial score (nSPS) is 20.3. The van der Waals surface area contributed by atoms with Crippen LogP contribution < -0.4 is 4.90 Å². The zero-order chi connectivity index (χ0) is 22.3. The molecule has 0 aromatic heterocycles. The van der Waals surface area contributed by atoms with E-state index in [1.807, 2.05) is 0 Å². The van der Waals surface area contributed by atoms with E-state index in [2.05, 4.69) is 22.6 Å². The number of benzene rings is 2. The molecule has 2 aromatic carbocycles. The molecule has 2 aliphatic rings. The van der Waals surface area contributed by atoms with Crippen molar-refractivity contribution in [1.29, 1.82) is 0 Å². The van der Waals surface area contributed by atoms with Crippen LogP contribution in [-0.2, 0) is 19.6 Å². The van der Waals surface area contributed by atoms with Gasteiger partial charge in [0.1, 0.15) is 10.9 Å². The molecule has 31 heavy (non-hydrogen) atoms. The highest BCUT2D eigenvalue weighted by Crippen LogP contribution is 2.37. The molecule has 2 aromatic rings. The lowest BCUT2D eigenvalue weighted by Gasteiger charge is -2.32. The van der Waals surface area contributed by atoms with Crippen LogP contribution in [0.25, 0.3) is 0 Å². The van der Waals surface area contributed by atoms with Crippen LogP contribution >= 0.6 is 45.8 Å². The topological polar surface area (TPSA) is 74.8 Å². The Morgan fingerprint density at radius 2 is 1.65 bits per heavy atom. The average Bonchev–Trinajstić information content (AvgIpc) is 3.33. The molecule has 2 amide bonds. The lowest BCUT2D eigenvalue weighted by molar-refractivity contribution is -0.122. The van der Waals surface area contributed by atoms with Crippen LogP contribution in [0.1, 0.15) is 32.1 Å². The fourth-order valence-corrected chi connectivity index (χ4v) is 7.17. The number of nitrogens with zero attached hydrogens (tertiary/aromatic N) is 2. The summed E-state index contributed by atoms with van der Waals surface area (Å²) in [7, 11) is -4.17. The molecule has 0 spiro atoms. The van der Waals surface area contributed by atoms with E-state index in [1.54, 1.807) is 24.3 Å². The van der Waals surface area contributed by atoms with Gasteiger partial charge < -0.3 is 0 Å². The van der Waals surface area contributed by atoms with E-state index in [0.29, 0.717) is 18.5 Å². The first kappa shape index (κ1) is 23.0. The van der Waals surface area contributed by atoms with E-state index < -0.39 is 27.9 Å². The van der Waals surface area contributed by atoms with Gasteiger partial charge in [0, 0.05) is 14.6 Å². The monoisotopic (exact) mass is 592 g/mol. The van der Waals surface area contributed by atoms with Crippen molar-refractivity contribution in [3.05, 3.63) is 56.1 Å². The van der Waals surface area contributed by atoms with Gasteiger partial charge in [-0.2, -0.15) is 4.31 Å². The molecule has 6 nitrogen and oxygen atoms in total. The van der Waals surface area contributed by atoms with Gasteiger partial charge in [-0.25, -0.2) is 13.3 Å². The lowest BCUT2D eigenvalue weighted by atomic mass is 10.2. The maximum absolute atomic E-state index is 13.7. The van der Waals surface area contributed by atoms with Crippen molar-refractivity contribution in [3.63, 3.8) is 0 Å². The van der Waals surface area contributed by atoms with Crippen LogP contribution in [0.4, 0.5) is 5.69 Å². The molecule has 164 valence electrons. The van der Waals surface area contributed by atoms with E-state index in [9.17, 15) is 18.0 Å². The predicted octanol–water partition coefficient (Wildman–Crippen LogP) is 4.86. The largest absolute Gasteiger partial charge is 0.274 e. The quantitative estimate of drug-likeness (QED) is 0.367. The summed E-state index contributed by atoms with van der Waals surface area (Å²) in [6.45, 7) is 0.